The van der Waals surface area contributed by atoms with Gasteiger partial charge in [-0.2, -0.15) is 0 Å². The highest BCUT2D eigenvalue weighted by atomic mass is 15.4. The van der Waals surface area contributed by atoms with Crippen molar-refractivity contribution in [2.75, 3.05) is 25.5 Å². The number of rotatable bonds is 0. The first kappa shape index (κ1) is 11.7. The molecule has 1 aromatic heterocycles. The molecule has 3 heterocycles. The minimum Gasteiger partial charge on any atom is -0.370 e. The van der Waals surface area contributed by atoms with Crippen molar-refractivity contribution in [3.8, 4) is 0 Å². The normalized spacial score (nSPS) is 21.6. The topological polar surface area (TPSA) is 71.5 Å². The van der Waals surface area contributed by atoms with Gasteiger partial charge in [0.05, 0.1) is 11.0 Å². The summed E-state index contributed by atoms with van der Waals surface area (Å²) in [5, 5.41) is 3.10. The van der Waals surface area contributed by atoms with E-state index in [1.54, 1.807) is 0 Å². The molecule has 0 radical (unpaired) electrons. The van der Waals surface area contributed by atoms with E-state index in [9.17, 15) is 0 Å². The van der Waals surface area contributed by atoms with Crippen molar-refractivity contribution in [1.82, 2.24) is 14.5 Å². The van der Waals surface area contributed by atoms with Gasteiger partial charge in [-0.05, 0) is 19.2 Å². The Morgan fingerprint density at radius 2 is 2.00 bits per heavy atom. The number of benzene rings is 1. The van der Waals surface area contributed by atoms with Crippen LogP contribution in [0.15, 0.2) is 29.3 Å². The van der Waals surface area contributed by atoms with E-state index >= 15 is 0 Å². The molecule has 1 saturated heterocycles. The number of guanidine groups is 1. The van der Waals surface area contributed by atoms with Crippen LogP contribution in [0.3, 0.4) is 0 Å². The average Bonchev–Trinajstić information content (AvgIpc) is 2.80. The van der Waals surface area contributed by atoms with Crippen molar-refractivity contribution in [2.24, 2.45) is 10.7 Å². The van der Waals surface area contributed by atoms with Gasteiger partial charge in [0.15, 0.2) is 5.96 Å². The third kappa shape index (κ3) is 1.54. The summed E-state index contributed by atoms with van der Waals surface area (Å²) in [6.45, 7) is 2.03. The molecule has 1 aromatic carbocycles. The summed E-state index contributed by atoms with van der Waals surface area (Å²) >= 11 is 0. The summed E-state index contributed by atoms with van der Waals surface area (Å²) in [7, 11) is 2.15. The highest BCUT2D eigenvalue weighted by molar-refractivity contribution is 5.94. The monoisotopic (exact) mass is 270 g/mol. The van der Waals surface area contributed by atoms with Crippen LogP contribution in [-0.2, 0) is 5.66 Å². The predicted octanol–water partition coefficient (Wildman–Crippen LogP) is 1.15. The number of para-hydroxylation sites is 2. The van der Waals surface area contributed by atoms with Crippen LogP contribution < -0.4 is 11.1 Å². The third-order valence-electron chi connectivity index (χ3n) is 4.33. The van der Waals surface area contributed by atoms with Gasteiger partial charge >= 0.3 is 0 Å². The molecule has 0 saturated carbocycles. The molecule has 6 nitrogen and oxygen atoms in total. The number of fused-ring (bicyclic) bond motifs is 4. The zero-order chi connectivity index (χ0) is 13.7. The van der Waals surface area contributed by atoms with Gasteiger partial charge in [-0.15, -0.1) is 0 Å². The Labute approximate surface area is 117 Å². The standard InChI is InChI=1S/C14H18N6/c1-19-8-6-14(7-9-19)18-12(15)17-13-16-10-4-2-3-5-11(10)20(13)14/h2-5H,6-9H2,1H3,(H3,15,16,17,18). The lowest BCUT2D eigenvalue weighted by Gasteiger charge is -2.41. The van der Waals surface area contributed by atoms with E-state index in [2.05, 4.69) is 32.9 Å². The van der Waals surface area contributed by atoms with E-state index in [0.29, 0.717) is 5.96 Å². The Balaban J connectivity index is 1.94. The number of nitrogens with two attached hydrogens (primary N) is 1. The van der Waals surface area contributed by atoms with Crippen LogP contribution in [0.25, 0.3) is 11.0 Å². The van der Waals surface area contributed by atoms with E-state index in [1.165, 1.54) is 0 Å². The molecule has 0 bridgehead atoms. The van der Waals surface area contributed by atoms with Crippen LogP contribution in [0.5, 0.6) is 0 Å². The number of nitrogens with zero attached hydrogens (tertiary/aromatic N) is 4. The summed E-state index contributed by atoms with van der Waals surface area (Å²) < 4.78 is 2.23. The maximum absolute atomic E-state index is 5.98. The molecule has 20 heavy (non-hydrogen) atoms. The zero-order valence-electron chi connectivity index (χ0n) is 11.5. The molecule has 3 N–H and O–H groups in total. The number of hydrogen-bond acceptors (Lipinski definition) is 5. The zero-order valence-corrected chi connectivity index (χ0v) is 11.5. The first-order chi connectivity index (χ1) is 9.68. The molecule has 0 unspecified atom stereocenters. The Hall–Kier alpha value is -2.08. The van der Waals surface area contributed by atoms with Crippen molar-refractivity contribution in [1.29, 1.82) is 0 Å². The van der Waals surface area contributed by atoms with Gasteiger partial charge < -0.3 is 10.6 Å². The van der Waals surface area contributed by atoms with E-state index in [4.69, 9.17) is 10.7 Å². The predicted molar refractivity (Wildman–Crippen MR) is 79.7 cm³/mol. The molecule has 0 amide bonds. The second-order valence-electron chi connectivity index (χ2n) is 5.67. The van der Waals surface area contributed by atoms with Crippen molar-refractivity contribution in [3.63, 3.8) is 0 Å². The fraction of sp³-hybridized carbons (Fsp3) is 0.429. The van der Waals surface area contributed by atoms with Gasteiger partial charge in [-0.25, -0.2) is 9.98 Å². The van der Waals surface area contributed by atoms with E-state index in [-0.39, 0.29) is 5.66 Å². The second kappa shape index (κ2) is 3.96. The molecule has 6 heteroatoms. The second-order valence-corrected chi connectivity index (χ2v) is 5.67. The fourth-order valence-electron chi connectivity index (χ4n) is 3.26. The van der Waals surface area contributed by atoms with Gasteiger partial charge in [-0.3, -0.25) is 9.88 Å². The number of likely N-dealkylation sites (tertiary alicyclic amines) is 1. The molecule has 4 rings (SSSR count). The highest BCUT2D eigenvalue weighted by Gasteiger charge is 2.40. The lowest BCUT2D eigenvalue weighted by atomic mass is 9.96. The molecule has 0 aliphatic carbocycles. The molecule has 104 valence electrons. The number of imidazole rings is 1. The van der Waals surface area contributed by atoms with Crippen LogP contribution in [0.4, 0.5) is 5.95 Å². The SMILES string of the molecule is CN1CCC2(CC1)N=C(N)Nc1nc3ccccc3n12. The number of anilines is 1. The average molecular weight is 270 g/mol. The molecule has 2 aliphatic heterocycles. The van der Waals surface area contributed by atoms with Crippen LogP contribution in [-0.4, -0.2) is 40.5 Å². The largest absolute Gasteiger partial charge is 0.370 e. The smallest absolute Gasteiger partial charge is 0.212 e. The molecule has 2 aliphatic rings. The quantitative estimate of drug-likeness (QED) is 0.753. The van der Waals surface area contributed by atoms with Crippen LogP contribution in [0, 0.1) is 0 Å². The Bertz CT molecular complexity index is 693. The molecule has 1 spiro atoms. The van der Waals surface area contributed by atoms with Gasteiger partial charge in [-0.1, -0.05) is 12.1 Å². The van der Waals surface area contributed by atoms with Crippen LogP contribution in [0.1, 0.15) is 12.8 Å². The summed E-state index contributed by atoms with van der Waals surface area (Å²) in [6, 6.07) is 8.18. The van der Waals surface area contributed by atoms with Crippen molar-refractivity contribution < 1.29 is 0 Å². The third-order valence-corrected chi connectivity index (χ3v) is 4.33. The number of piperidine rings is 1. The Morgan fingerprint density at radius 1 is 1.25 bits per heavy atom. The van der Waals surface area contributed by atoms with Crippen LogP contribution >= 0.6 is 0 Å². The van der Waals surface area contributed by atoms with Crippen molar-refractivity contribution in [3.05, 3.63) is 24.3 Å². The lowest BCUT2D eigenvalue weighted by Crippen LogP contribution is -2.48. The summed E-state index contributed by atoms with van der Waals surface area (Å²) in [5.74, 6) is 1.28. The fourth-order valence-corrected chi connectivity index (χ4v) is 3.26. The van der Waals surface area contributed by atoms with Gasteiger partial charge in [0.2, 0.25) is 5.95 Å². The number of hydrogen-bond donors (Lipinski definition) is 2. The summed E-state index contributed by atoms with van der Waals surface area (Å²) in [4.78, 5) is 11.7. The van der Waals surface area contributed by atoms with Crippen molar-refractivity contribution in [2.45, 2.75) is 18.5 Å². The van der Waals surface area contributed by atoms with E-state index in [0.717, 1.165) is 42.9 Å². The summed E-state index contributed by atoms with van der Waals surface area (Å²) in [6.07, 6.45) is 1.92. The summed E-state index contributed by atoms with van der Waals surface area (Å²) in [5.41, 5.74) is 7.80. The highest BCUT2D eigenvalue weighted by Crippen LogP contribution is 2.39. The molecule has 2 aromatic rings. The minimum absolute atomic E-state index is 0.284. The number of aromatic nitrogens is 2. The lowest BCUT2D eigenvalue weighted by molar-refractivity contribution is 0.139. The maximum atomic E-state index is 5.98. The Kier molecular flexibility index (Phi) is 2.32. The molecule has 0 atom stereocenters. The van der Waals surface area contributed by atoms with Gasteiger partial charge in [0.1, 0.15) is 5.66 Å². The van der Waals surface area contributed by atoms with Crippen molar-refractivity contribution >= 4 is 22.9 Å². The number of nitrogens with one attached hydrogen (secondary N) is 1. The number of aliphatic imine (C=N–C) groups is 1. The Morgan fingerprint density at radius 3 is 2.80 bits per heavy atom. The molecular weight excluding hydrogens is 252 g/mol. The first-order valence-corrected chi connectivity index (χ1v) is 6.97. The molecular formula is C14H18N6. The minimum atomic E-state index is -0.284. The van der Waals surface area contributed by atoms with E-state index in [1.807, 2.05) is 18.2 Å². The maximum Gasteiger partial charge on any atom is 0.212 e. The van der Waals surface area contributed by atoms with E-state index < -0.39 is 0 Å². The van der Waals surface area contributed by atoms with Gasteiger partial charge in [0, 0.05) is 25.9 Å². The van der Waals surface area contributed by atoms with Gasteiger partial charge in [0.25, 0.3) is 0 Å². The molecule has 1 fully saturated rings. The van der Waals surface area contributed by atoms with Crippen LogP contribution in [0.2, 0.25) is 0 Å². The first-order valence-electron chi connectivity index (χ1n) is 6.97.